The van der Waals surface area contributed by atoms with Crippen LogP contribution in [0.1, 0.15) is 40.5 Å². The highest BCUT2D eigenvalue weighted by atomic mass is 16.1. The van der Waals surface area contributed by atoms with E-state index in [9.17, 15) is 4.79 Å². The van der Waals surface area contributed by atoms with Crippen molar-refractivity contribution in [3.8, 4) is 0 Å². The van der Waals surface area contributed by atoms with Gasteiger partial charge in [-0.3, -0.25) is 0 Å². The highest BCUT2D eigenvalue weighted by Crippen LogP contribution is 2.16. The van der Waals surface area contributed by atoms with Crippen molar-refractivity contribution >= 4 is 6.08 Å². The molecule has 0 bridgehead atoms. The molecule has 1 unspecified atom stereocenters. The minimum absolute atomic E-state index is 0.632. The third-order valence-corrected chi connectivity index (χ3v) is 2.12. The molecule has 0 saturated heterocycles. The zero-order chi connectivity index (χ0) is 11.7. The molecule has 0 aromatic heterocycles. The van der Waals surface area contributed by atoms with Gasteiger partial charge in [-0.25, -0.2) is 4.79 Å². The quantitative estimate of drug-likeness (QED) is 0.369. The van der Waals surface area contributed by atoms with Gasteiger partial charge in [0.2, 0.25) is 6.08 Å². The Morgan fingerprint density at radius 1 is 1.40 bits per heavy atom. The molecular formula is C13H21NO. The summed E-state index contributed by atoms with van der Waals surface area (Å²) in [6.45, 7) is 8.56. The second kappa shape index (κ2) is 8.19. The van der Waals surface area contributed by atoms with Crippen LogP contribution in [0.25, 0.3) is 0 Å². The van der Waals surface area contributed by atoms with Gasteiger partial charge in [-0.15, -0.1) is 0 Å². The molecule has 84 valence electrons. The van der Waals surface area contributed by atoms with Gasteiger partial charge in [0.1, 0.15) is 0 Å². The van der Waals surface area contributed by atoms with E-state index in [1.54, 1.807) is 6.08 Å². The lowest BCUT2D eigenvalue weighted by atomic mass is 9.96. The Hall–Kier alpha value is -1.14. The average Bonchev–Trinajstić information content (AvgIpc) is 2.14. The van der Waals surface area contributed by atoms with E-state index in [1.807, 2.05) is 25.2 Å². The highest BCUT2D eigenvalue weighted by molar-refractivity contribution is 5.39. The molecule has 0 N–H and O–H groups in total. The van der Waals surface area contributed by atoms with Crippen LogP contribution in [0.15, 0.2) is 28.9 Å². The molecule has 0 aromatic rings. The maximum Gasteiger partial charge on any atom is 0.240 e. The molecule has 0 saturated carbocycles. The van der Waals surface area contributed by atoms with Crippen LogP contribution in [0, 0.1) is 11.8 Å². The SMILES string of the molecule is C/C=C\C(=C/CC(C)CC(C)C)N=C=O. The lowest BCUT2D eigenvalue weighted by Crippen LogP contribution is -1.98. The Morgan fingerprint density at radius 3 is 2.53 bits per heavy atom. The Labute approximate surface area is 92.8 Å². The van der Waals surface area contributed by atoms with Crippen molar-refractivity contribution in [3.05, 3.63) is 23.9 Å². The topological polar surface area (TPSA) is 29.4 Å². The largest absolute Gasteiger partial charge is 0.240 e. The number of rotatable bonds is 6. The van der Waals surface area contributed by atoms with E-state index in [4.69, 9.17) is 0 Å². The number of isocyanates is 1. The fraction of sp³-hybridized carbons (Fsp3) is 0.615. The first-order valence-electron chi connectivity index (χ1n) is 5.50. The van der Waals surface area contributed by atoms with Crippen LogP contribution >= 0.6 is 0 Å². The zero-order valence-corrected chi connectivity index (χ0v) is 10.2. The molecule has 2 heteroatoms. The minimum Gasteiger partial charge on any atom is -0.211 e. The number of hydrogen-bond acceptors (Lipinski definition) is 2. The fourth-order valence-electron chi connectivity index (χ4n) is 1.60. The third-order valence-electron chi connectivity index (χ3n) is 2.12. The van der Waals surface area contributed by atoms with Gasteiger partial charge in [0.15, 0.2) is 0 Å². The normalized spacial score (nSPS) is 14.3. The van der Waals surface area contributed by atoms with Gasteiger partial charge in [0, 0.05) is 0 Å². The lowest BCUT2D eigenvalue weighted by molar-refractivity contribution is 0.442. The average molecular weight is 207 g/mol. The van der Waals surface area contributed by atoms with Crippen LogP contribution in [0.3, 0.4) is 0 Å². The van der Waals surface area contributed by atoms with Gasteiger partial charge in [-0.1, -0.05) is 32.9 Å². The molecule has 2 nitrogen and oxygen atoms in total. The van der Waals surface area contributed by atoms with E-state index in [0.29, 0.717) is 17.5 Å². The maximum atomic E-state index is 10.1. The summed E-state index contributed by atoms with van der Waals surface area (Å²) in [4.78, 5) is 13.8. The number of aliphatic imine (C=N–C) groups is 1. The van der Waals surface area contributed by atoms with Crippen LogP contribution < -0.4 is 0 Å². The summed E-state index contributed by atoms with van der Waals surface area (Å²) in [6, 6.07) is 0. The standard InChI is InChI=1S/C13H21NO/c1-5-6-13(14-10-15)8-7-12(4)9-11(2)3/h5-6,8,11-12H,7,9H2,1-4H3/b6-5-,13-8+. The monoisotopic (exact) mass is 207 g/mol. The van der Waals surface area contributed by atoms with Crippen molar-refractivity contribution in [1.29, 1.82) is 0 Å². The molecule has 0 aliphatic carbocycles. The first-order valence-corrected chi connectivity index (χ1v) is 5.50. The van der Waals surface area contributed by atoms with E-state index in [2.05, 4.69) is 25.8 Å². The maximum absolute atomic E-state index is 10.1. The smallest absolute Gasteiger partial charge is 0.211 e. The number of hydrogen-bond donors (Lipinski definition) is 0. The van der Waals surface area contributed by atoms with Crippen LogP contribution in [-0.2, 0) is 4.79 Å². The molecule has 0 amide bonds. The molecule has 0 aliphatic rings. The van der Waals surface area contributed by atoms with Gasteiger partial charge in [0.25, 0.3) is 0 Å². The van der Waals surface area contributed by atoms with Gasteiger partial charge >= 0.3 is 0 Å². The van der Waals surface area contributed by atoms with Crippen molar-refractivity contribution in [2.75, 3.05) is 0 Å². The van der Waals surface area contributed by atoms with Crippen molar-refractivity contribution in [2.24, 2.45) is 16.8 Å². The van der Waals surface area contributed by atoms with Gasteiger partial charge in [-0.05, 0) is 37.7 Å². The Balaban J connectivity index is 4.26. The molecular weight excluding hydrogens is 186 g/mol. The Kier molecular flexibility index (Phi) is 7.57. The van der Waals surface area contributed by atoms with E-state index in [0.717, 1.165) is 6.42 Å². The lowest BCUT2D eigenvalue weighted by Gasteiger charge is -2.11. The van der Waals surface area contributed by atoms with Crippen molar-refractivity contribution < 1.29 is 4.79 Å². The van der Waals surface area contributed by atoms with Gasteiger partial charge in [-0.2, -0.15) is 4.99 Å². The van der Waals surface area contributed by atoms with E-state index < -0.39 is 0 Å². The zero-order valence-electron chi connectivity index (χ0n) is 10.2. The van der Waals surface area contributed by atoms with E-state index in [1.165, 1.54) is 6.42 Å². The third kappa shape index (κ3) is 7.90. The second-order valence-corrected chi connectivity index (χ2v) is 4.30. The van der Waals surface area contributed by atoms with Crippen molar-refractivity contribution in [1.82, 2.24) is 0 Å². The molecule has 15 heavy (non-hydrogen) atoms. The number of carbonyl (C=O) groups excluding carboxylic acids is 1. The number of allylic oxidation sites excluding steroid dienone is 3. The van der Waals surface area contributed by atoms with Crippen LogP contribution in [-0.4, -0.2) is 6.08 Å². The van der Waals surface area contributed by atoms with Crippen LogP contribution in [0.5, 0.6) is 0 Å². The molecule has 0 spiro atoms. The molecule has 0 heterocycles. The van der Waals surface area contributed by atoms with Crippen LogP contribution in [0.4, 0.5) is 0 Å². The summed E-state index contributed by atoms with van der Waals surface area (Å²) < 4.78 is 0. The predicted octanol–water partition coefficient (Wildman–Crippen LogP) is 3.85. The van der Waals surface area contributed by atoms with E-state index in [-0.39, 0.29) is 0 Å². The predicted molar refractivity (Wildman–Crippen MR) is 64.3 cm³/mol. The molecule has 0 aromatic carbocycles. The molecule has 0 aliphatic heterocycles. The summed E-state index contributed by atoms with van der Waals surface area (Å²) in [7, 11) is 0. The summed E-state index contributed by atoms with van der Waals surface area (Å²) in [5.41, 5.74) is 0.711. The summed E-state index contributed by atoms with van der Waals surface area (Å²) in [5, 5.41) is 0. The Morgan fingerprint density at radius 2 is 2.07 bits per heavy atom. The fourth-order valence-corrected chi connectivity index (χ4v) is 1.60. The minimum atomic E-state index is 0.632. The molecule has 0 radical (unpaired) electrons. The van der Waals surface area contributed by atoms with E-state index >= 15 is 0 Å². The highest BCUT2D eigenvalue weighted by Gasteiger charge is 2.03. The summed E-state index contributed by atoms with van der Waals surface area (Å²) >= 11 is 0. The van der Waals surface area contributed by atoms with Crippen LogP contribution in [0.2, 0.25) is 0 Å². The van der Waals surface area contributed by atoms with Crippen molar-refractivity contribution in [2.45, 2.75) is 40.5 Å². The van der Waals surface area contributed by atoms with Gasteiger partial charge < -0.3 is 0 Å². The first kappa shape index (κ1) is 13.9. The summed E-state index contributed by atoms with van der Waals surface area (Å²) in [5.74, 6) is 1.35. The van der Waals surface area contributed by atoms with Gasteiger partial charge in [0.05, 0.1) is 5.70 Å². The molecule has 0 fully saturated rings. The van der Waals surface area contributed by atoms with Crippen molar-refractivity contribution in [3.63, 3.8) is 0 Å². The Bertz CT molecular complexity index is 270. The molecule has 1 atom stereocenters. The second-order valence-electron chi connectivity index (χ2n) is 4.30. The first-order chi connectivity index (χ1) is 7.10. The number of nitrogens with zero attached hydrogens (tertiary/aromatic N) is 1. The molecule has 0 rings (SSSR count). The summed E-state index contributed by atoms with van der Waals surface area (Å²) in [6.07, 6.45) is 9.43.